The maximum Gasteiger partial charge on any atom is 0.237 e. The Morgan fingerprint density at radius 2 is 2.11 bits per heavy atom. The zero-order chi connectivity index (χ0) is 13.4. The minimum Gasteiger partial charge on any atom is -0.374 e. The maximum absolute atomic E-state index is 12.1. The van der Waals surface area contributed by atoms with Crippen molar-refractivity contribution in [3.05, 3.63) is 25.3 Å². The first kappa shape index (κ1) is 14.9. The number of hydrogen-bond acceptors (Lipinski definition) is 4. The third kappa shape index (κ3) is 4.60. The molecule has 102 valence electrons. The van der Waals surface area contributed by atoms with E-state index in [0.717, 1.165) is 13.1 Å². The predicted molar refractivity (Wildman–Crippen MR) is 72.2 cm³/mol. The van der Waals surface area contributed by atoms with Crippen LogP contribution in [0.4, 0.5) is 0 Å². The van der Waals surface area contributed by atoms with Crippen molar-refractivity contribution in [1.29, 1.82) is 0 Å². The molecule has 0 aromatic rings. The van der Waals surface area contributed by atoms with Gasteiger partial charge in [-0.2, -0.15) is 0 Å². The van der Waals surface area contributed by atoms with Gasteiger partial charge in [-0.05, 0) is 0 Å². The van der Waals surface area contributed by atoms with Gasteiger partial charge in [-0.1, -0.05) is 12.2 Å². The maximum atomic E-state index is 12.1. The zero-order valence-corrected chi connectivity index (χ0v) is 10.9. The van der Waals surface area contributed by atoms with Crippen LogP contribution in [-0.2, 0) is 9.53 Å². The van der Waals surface area contributed by atoms with Gasteiger partial charge in [0.1, 0.15) is 0 Å². The van der Waals surface area contributed by atoms with E-state index in [4.69, 9.17) is 10.5 Å². The molecule has 0 spiro atoms. The van der Waals surface area contributed by atoms with E-state index >= 15 is 0 Å². The van der Waals surface area contributed by atoms with Crippen LogP contribution in [-0.4, -0.2) is 67.7 Å². The molecule has 1 aliphatic rings. The lowest BCUT2D eigenvalue weighted by Gasteiger charge is -2.33. The van der Waals surface area contributed by atoms with Crippen LogP contribution in [0, 0.1) is 0 Å². The fraction of sp³-hybridized carbons (Fsp3) is 0.615. The molecule has 1 heterocycles. The van der Waals surface area contributed by atoms with Crippen LogP contribution in [0.3, 0.4) is 0 Å². The molecule has 1 unspecified atom stereocenters. The molecule has 0 bridgehead atoms. The molecule has 1 saturated heterocycles. The summed E-state index contributed by atoms with van der Waals surface area (Å²) in [6.07, 6.45) is 3.49. The molecule has 0 aromatic carbocycles. The Hall–Kier alpha value is -1.17. The Labute approximate surface area is 109 Å². The summed E-state index contributed by atoms with van der Waals surface area (Å²) in [6, 6.07) is 0. The highest BCUT2D eigenvalue weighted by molar-refractivity contribution is 5.78. The van der Waals surface area contributed by atoms with Crippen molar-refractivity contribution in [1.82, 2.24) is 9.80 Å². The average molecular weight is 253 g/mol. The summed E-state index contributed by atoms with van der Waals surface area (Å²) in [5.74, 6) is 0.0903. The van der Waals surface area contributed by atoms with E-state index in [1.54, 1.807) is 17.1 Å². The minimum absolute atomic E-state index is 0.0406. The Morgan fingerprint density at radius 3 is 2.67 bits per heavy atom. The summed E-state index contributed by atoms with van der Waals surface area (Å²) in [7, 11) is 0. The number of carbonyl (C=O) groups excluding carboxylic acids is 1. The lowest BCUT2D eigenvalue weighted by molar-refractivity contribution is -0.133. The highest BCUT2D eigenvalue weighted by Crippen LogP contribution is 2.05. The van der Waals surface area contributed by atoms with Crippen LogP contribution in [0.2, 0.25) is 0 Å². The highest BCUT2D eigenvalue weighted by Gasteiger charge is 2.22. The van der Waals surface area contributed by atoms with Crippen LogP contribution >= 0.6 is 0 Å². The van der Waals surface area contributed by atoms with Crippen molar-refractivity contribution in [2.75, 3.05) is 45.9 Å². The third-order valence-corrected chi connectivity index (χ3v) is 2.90. The molecule has 0 saturated carbocycles. The zero-order valence-electron chi connectivity index (χ0n) is 10.9. The lowest BCUT2D eigenvalue weighted by Crippen LogP contribution is -2.49. The smallest absolute Gasteiger partial charge is 0.237 e. The van der Waals surface area contributed by atoms with Gasteiger partial charge >= 0.3 is 0 Å². The standard InChI is InChI=1S/C13H23N3O2/c1-3-5-16(6-4-2)13(17)11-15-7-8-18-12(9-14)10-15/h3-4,12H,1-2,5-11,14H2. The van der Waals surface area contributed by atoms with E-state index in [1.807, 2.05) is 0 Å². The molecule has 1 fully saturated rings. The SMILES string of the molecule is C=CCN(CC=C)C(=O)CN1CCOC(CN)C1. The molecule has 5 nitrogen and oxygen atoms in total. The molecule has 1 amide bonds. The Kier molecular flexibility index (Phi) is 6.64. The fourth-order valence-corrected chi connectivity index (χ4v) is 1.95. The molecule has 5 heteroatoms. The van der Waals surface area contributed by atoms with Gasteiger partial charge in [0.2, 0.25) is 5.91 Å². The molecular weight excluding hydrogens is 230 g/mol. The average Bonchev–Trinajstić information content (AvgIpc) is 2.38. The number of hydrogen-bond donors (Lipinski definition) is 1. The molecular formula is C13H23N3O2. The molecule has 0 radical (unpaired) electrons. The molecule has 0 aliphatic carbocycles. The van der Waals surface area contributed by atoms with Gasteiger partial charge in [0.05, 0.1) is 19.3 Å². The van der Waals surface area contributed by atoms with Crippen LogP contribution in [0.15, 0.2) is 25.3 Å². The van der Waals surface area contributed by atoms with E-state index in [1.165, 1.54) is 0 Å². The second-order valence-electron chi connectivity index (χ2n) is 4.34. The van der Waals surface area contributed by atoms with Crippen molar-refractivity contribution >= 4 is 5.91 Å². The number of rotatable bonds is 7. The number of nitrogens with two attached hydrogens (primary N) is 1. The predicted octanol–water partition coefficient (Wildman–Crippen LogP) is -0.153. The number of amides is 1. The van der Waals surface area contributed by atoms with Crippen molar-refractivity contribution in [2.24, 2.45) is 5.73 Å². The monoisotopic (exact) mass is 253 g/mol. The van der Waals surface area contributed by atoms with E-state index in [2.05, 4.69) is 18.1 Å². The van der Waals surface area contributed by atoms with Gasteiger partial charge in [-0.15, -0.1) is 13.2 Å². The normalized spacial score (nSPS) is 20.4. The van der Waals surface area contributed by atoms with Crippen LogP contribution in [0.5, 0.6) is 0 Å². The summed E-state index contributed by atoms with van der Waals surface area (Å²) < 4.78 is 5.47. The first-order valence-electron chi connectivity index (χ1n) is 6.24. The Balaban J connectivity index is 2.45. The second-order valence-corrected chi connectivity index (χ2v) is 4.34. The van der Waals surface area contributed by atoms with Crippen molar-refractivity contribution in [3.8, 4) is 0 Å². The second kappa shape index (κ2) is 8.02. The first-order chi connectivity index (χ1) is 8.71. The molecule has 1 atom stereocenters. The van der Waals surface area contributed by atoms with Gasteiger partial charge in [0, 0.05) is 32.7 Å². The number of carbonyl (C=O) groups is 1. The van der Waals surface area contributed by atoms with Crippen molar-refractivity contribution < 1.29 is 9.53 Å². The van der Waals surface area contributed by atoms with E-state index < -0.39 is 0 Å². The lowest BCUT2D eigenvalue weighted by atomic mass is 10.2. The van der Waals surface area contributed by atoms with E-state index in [-0.39, 0.29) is 12.0 Å². The number of morpholine rings is 1. The van der Waals surface area contributed by atoms with E-state index in [0.29, 0.717) is 32.8 Å². The largest absolute Gasteiger partial charge is 0.374 e. The molecule has 1 rings (SSSR count). The number of nitrogens with zero attached hydrogens (tertiary/aromatic N) is 2. The third-order valence-electron chi connectivity index (χ3n) is 2.90. The summed E-state index contributed by atoms with van der Waals surface area (Å²) in [5.41, 5.74) is 5.58. The van der Waals surface area contributed by atoms with Gasteiger partial charge in [0.15, 0.2) is 0 Å². The minimum atomic E-state index is 0.0406. The first-order valence-corrected chi connectivity index (χ1v) is 6.24. The summed E-state index contributed by atoms with van der Waals surface area (Å²) >= 11 is 0. The fourth-order valence-electron chi connectivity index (χ4n) is 1.95. The van der Waals surface area contributed by atoms with Crippen molar-refractivity contribution in [3.63, 3.8) is 0 Å². The quantitative estimate of drug-likeness (QED) is 0.641. The van der Waals surface area contributed by atoms with E-state index in [9.17, 15) is 4.79 Å². The van der Waals surface area contributed by atoms with Crippen LogP contribution in [0.25, 0.3) is 0 Å². The van der Waals surface area contributed by atoms with Crippen LogP contribution < -0.4 is 5.73 Å². The summed E-state index contributed by atoms with van der Waals surface area (Å²) in [6.45, 7) is 11.5. The summed E-state index contributed by atoms with van der Waals surface area (Å²) in [4.78, 5) is 15.9. The molecule has 18 heavy (non-hydrogen) atoms. The Bertz CT molecular complexity index is 284. The van der Waals surface area contributed by atoms with Gasteiger partial charge < -0.3 is 15.4 Å². The molecule has 0 aromatic heterocycles. The van der Waals surface area contributed by atoms with Gasteiger partial charge in [-0.25, -0.2) is 0 Å². The van der Waals surface area contributed by atoms with Crippen LogP contribution in [0.1, 0.15) is 0 Å². The molecule has 1 aliphatic heterocycles. The molecule has 2 N–H and O–H groups in total. The van der Waals surface area contributed by atoms with Crippen molar-refractivity contribution in [2.45, 2.75) is 6.10 Å². The summed E-state index contributed by atoms with van der Waals surface area (Å²) in [5, 5.41) is 0. The topological polar surface area (TPSA) is 58.8 Å². The van der Waals surface area contributed by atoms with Gasteiger partial charge in [-0.3, -0.25) is 9.69 Å². The number of ether oxygens (including phenoxy) is 1. The van der Waals surface area contributed by atoms with Gasteiger partial charge in [0.25, 0.3) is 0 Å². The highest BCUT2D eigenvalue weighted by atomic mass is 16.5. The Morgan fingerprint density at radius 1 is 1.44 bits per heavy atom.